The van der Waals surface area contributed by atoms with E-state index in [-0.39, 0.29) is 5.56 Å². The lowest BCUT2D eigenvalue weighted by molar-refractivity contribution is -0.134. The number of aromatic nitrogens is 1. The normalized spacial score (nSPS) is 10.9. The van der Waals surface area contributed by atoms with E-state index in [1.807, 2.05) is 53.2 Å². The number of carboxylic acids is 2. The fourth-order valence-corrected chi connectivity index (χ4v) is 3.50. The average Bonchev–Trinajstić information content (AvgIpc) is 2.83. The topological polar surface area (TPSA) is 99.8 Å². The minimum absolute atomic E-state index is 0.106. The minimum atomic E-state index is -1.26. The first-order valence-electron chi connectivity index (χ1n) is 10.9. The van der Waals surface area contributed by atoms with E-state index >= 15 is 0 Å². The van der Waals surface area contributed by atoms with Crippen LogP contribution in [0.15, 0.2) is 77.7 Å². The predicted octanol–water partition coefficient (Wildman–Crippen LogP) is 4.11. The van der Waals surface area contributed by atoms with Crippen LogP contribution >= 0.6 is 0 Å². The third-order valence-electron chi connectivity index (χ3n) is 5.21. The highest BCUT2D eigenvalue weighted by Gasteiger charge is 2.10. The molecule has 7 heteroatoms. The SMILES string of the molecule is CCN(CC)CCCn1cc(-c2ccccc2)c2ccccc2c1=O.O=C(O)/C=C\C(=O)O. The fourth-order valence-electron chi connectivity index (χ4n) is 3.50. The van der Waals surface area contributed by atoms with Gasteiger partial charge in [-0.3, -0.25) is 4.79 Å². The number of carboxylic acid groups (broad SMARTS) is 2. The molecule has 2 N–H and O–H groups in total. The summed E-state index contributed by atoms with van der Waals surface area (Å²) < 4.78 is 1.88. The Morgan fingerprint density at radius 1 is 0.879 bits per heavy atom. The Balaban J connectivity index is 0.000000414. The number of rotatable bonds is 9. The lowest BCUT2D eigenvalue weighted by Gasteiger charge is -2.18. The first kappa shape index (κ1) is 25.5. The standard InChI is InChI=1S/C22H26N2O.C4H4O4/c1-3-23(4-2)15-10-16-24-17-21(18-11-6-5-7-12-18)19-13-8-9-14-20(19)22(24)25;5-3(6)1-2-4(7)8/h5-9,11-14,17H,3-4,10,15-16H2,1-2H3;1-2H,(H,5,6)(H,7,8)/b;2-1-. The van der Waals surface area contributed by atoms with Gasteiger partial charge in [-0.15, -0.1) is 0 Å². The average molecular weight is 451 g/mol. The van der Waals surface area contributed by atoms with Crippen LogP contribution in [0.1, 0.15) is 20.3 Å². The minimum Gasteiger partial charge on any atom is -0.478 e. The van der Waals surface area contributed by atoms with Crippen molar-refractivity contribution in [2.24, 2.45) is 0 Å². The van der Waals surface area contributed by atoms with Crippen molar-refractivity contribution < 1.29 is 19.8 Å². The van der Waals surface area contributed by atoms with E-state index in [4.69, 9.17) is 10.2 Å². The van der Waals surface area contributed by atoms with Gasteiger partial charge in [-0.2, -0.15) is 0 Å². The molecule has 7 nitrogen and oxygen atoms in total. The predicted molar refractivity (Wildman–Crippen MR) is 130 cm³/mol. The van der Waals surface area contributed by atoms with Gasteiger partial charge >= 0.3 is 11.9 Å². The molecule has 0 amide bonds. The molecule has 0 atom stereocenters. The zero-order valence-corrected chi connectivity index (χ0v) is 19.0. The van der Waals surface area contributed by atoms with Gasteiger partial charge in [-0.25, -0.2) is 9.59 Å². The molecule has 0 radical (unpaired) electrons. The molecule has 33 heavy (non-hydrogen) atoms. The van der Waals surface area contributed by atoms with E-state index in [1.54, 1.807) is 0 Å². The van der Waals surface area contributed by atoms with Gasteiger partial charge in [0.05, 0.1) is 0 Å². The number of hydrogen-bond donors (Lipinski definition) is 2. The van der Waals surface area contributed by atoms with Gasteiger partial charge in [-0.05, 0) is 43.1 Å². The number of benzene rings is 2. The van der Waals surface area contributed by atoms with Crippen LogP contribution in [0.2, 0.25) is 0 Å². The van der Waals surface area contributed by atoms with E-state index in [0.29, 0.717) is 12.2 Å². The highest BCUT2D eigenvalue weighted by atomic mass is 16.4. The van der Waals surface area contributed by atoms with Gasteiger partial charge in [0.15, 0.2) is 0 Å². The Morgan fingerprint density at radius 2 is 1.42 bits per heavy atom. The van der Waals surface area contributed by atoms with Gasteiger partial charge in [0.1, 0.15) is 0 Å². The summed E-state index contributed by atoms with van der Waals surface area (Å²) in [5.41, 5.74) is 2.38. The highest BCUT2D eigenvalue weighted by Crippen LogP contribution is 2.26. The molecule has 1 heterocycles. The first-order valence-corrected chi connectivity index (χ1v) is 10.9. The van der Waals surface area contributed by atoms with Crippen LogP contribution in [-0.4, -0.2) is 51.3 Å². The molecule has 0 unspecified atom stereocenters. The number of pyridine rings is 1. The lowest BCUT2D eigenvalue weighted by atomic mass is 10.0. The molecular formula is C26H30N2O5. The largest absolute Gasteiger partial charge is 0.478 e. The molecule has 0 saturated carbocycles. The van der Waals surface area contributed by atoms with Crippen molar-refractivity contribution in [1.82, 2.24) is 9.47 Å². The second-order valence-corrected chi connectivity index (χ2v) is 7.34. The van der Waals surface area contributed by atoms with E-state index in [2.05, 4.69) is 30.9 Å². The molecule has 0 fully saturated rings. The van der Waals surface area contributed by atoms with E-state index in [0.717, 1.165) is 54.5 Å². The van der Waals surface area contributed by atoms with Gasteiger partial charge in [0.25, 0.3) is 5.56 Å². The first-order chi connectivity index (χ1) is 15.9. The maximum atomic E-state index is 12.9. The zero-order valence-electron chi connectivity index (χ0n) is 19.0. The molecule has 0 saturated heterocycles. The molecule has 0 aliphatic rings. The van der Waals surface area contributed by atoms with Gasteiger partial charge in [0.2, 0.25) is 0 Å². The van der Waals surface area contributed by atoms with Crippen molar-refractivity contribution in [1.29, 1.82) is 0 Å². The van der Waals surface area contributed by atoms with Crippen LogP contribution in [0.3, 0.4) is 0 Å². The van der Waals surface area contributed by atoms with Crippen molar-refractivity contribution in [2.45, 2.75) is 26.8 Å². The molecular weight excluding hydrogens is 420 g/mol. The van der Waals surface area contributed by atoms with E-state index in [1.165, 1.54) is 0 Å². The number of aliphatic carboxylic acids is 2. The Labute approximate surface area is 193 Å². The Hall–Kier alpha value is -3.71. The summed E-state index contributed by atoms with van der Waals surface area (Å²) in [6, 6.07) is 18.2. The molecule has 1 aromatic heterocycles. The number of aryl methyl sites for hydroxylation is 1. The van der Waals surface area contributed by atoms with Crippen molar-refractivity contribution in [2.75, 3.05) is 19.6 Å². The van der Waals surface area contributed by atoms with Crippen LogP contribution in [0.4, 0.5) is 0 Å². The van der Waals surface area contributed by atoms with E-state index < -0.39 is 11.9 Å². The number of hydrogen-bond acceptors (Lipinski definition) is 4. The van der Waals surface area contributed by atoms with Crippen LogP contribution in [0, 0.1) is 0 Å². The lowest BCUT2D eigenvalue weighted by Crippen LogP contribution is -2.27. The van der Waals surface area contributed by atoms with Crippen LogP contribution in [0.25, 0.3) is 21.9 Å². The molecule has 0 aliphatic carbocycles. The monoisotopic (exact) mass is 450 g/mol. The maximum Gasteiger partial charge on any atom is 0.328 e. The van der Waals surface area contributed by atoms with Crippen molar-refractivity contribution in [3.05, 3.63) is 83.3 Å². The molecule has 0 spiro atoms. The molecule has 3 rings (SSSR count). The number of carbonyl (C=O) groups is 2. The maximum absolute atomic E-state index is 12.9. The second-order valence-electron chi connectivity index (χ2n) is 7.34. The number of nitrogens with zero attached hydrogens (tertiary/aromatic N) is 2. The zero-order chi connectivity index (χ0) is 24.2. The Morgan fingerprint density at radius 3 is 1.97 bits per heavy atom. The third kappa shape index (κ3) is 7.73. The summed E-state index contributed by atoms with van der Waals surface area (Å²) in [6.07, 6.45) is 4.13. The molecule has 2 aromatic carbocycles. The Kier molecular flexibility index (Phi) is 10.0. The third-order valence-corrected chi connectivity index (χ3v) is 5.21. The summed E-state index contributed by atoms with van der Waals surface area (Å²) in [5, 5.41) is 17.4. The summed E-state index contributed by atoms with van der Waals surface area (Å²) in [5.74, 6) is -2.51. The second kappa shape index (κ2) is 13.0. The molecule has 0 bridgehead atoms. The summed E-state index contributed by atoms with van der Waals surface area (Å²) >= 11 is 0. The van der Waals surface area contributed by atoms with Gasteiger partial charge < -0.3 is 19.7 Å². The van der Waals surface area contributed by atoms with Crippen LogP contribution < -0.4 is 5.56 Å². The molecule has 0 aliphatic heterocycles. The summed E-state index contributed by atoms with van der Waals surface area (Å²) in [4.78, 5) is 34.4. The van der Waals surface area contributed by atoms with Crippen molar-refractivity contribution in [3.8, 4) is 11.1 Å². The van der Waals surface area contributed by atoms with Crippen molar-refractivity contribution in [3.63, 3.8) is 0 Å². The molecule has 174 valence electrons. The summed E-state index contributed by atoms with van der Waals surface area (Å²) in [6.45, 7) is 8.24. The molecule has 3 aromatic rings. The van der Waals surface area contributed by atoms with Crippen molar-refractivity contribution >= 4 is 22.7 Å². The highest BCUT2D eigenvalue weighted by molar-refractivity contribution is 5.95. The Bertz CT molecular complexity index is 1130. The summed E-state index contributed by atoms with van der Waals surface area (Å²) in [7, 11) is 0. The van der Waals surface area contributed by atoms with Gasteiger partial charge in [-0.1, -0.05) is 62.4 Å². The fraction of sp³-hybridized carbons (Fsp3) is 0.269. The quantitative estimate of drug-likeness (QED) is 0.476. The smallest absolute Gasteiger partial charge is 0.328 e. The van der Waals surface area contributed by atoms with Crippen LogP contribution in [0.5, 0.6) is 0 Å². The van der Waals surface area contributed by atoms with Gasteiger partial charge in [0, 0.05) is 35.8 Å². The number of fused-ring (bicyclic) bond motifs is 1. The van der Waals surface area contributed by atoms with Crippen LogP contribution in [-0.2, 0) is 16.1 Å². The van der Waals surface area contributed by atoms with E-state index in [9.17, 15) is 14.4 Å².